The normalized spacial score (nSPS) is 9.74. The van der Waals surface area contributed by atoms with Gasteiger partial charge in [0.15, 0.2) is 0 Å². The molecule has 1 aromatic carbocycles. The van der Waals surface area contributed by atoms with Gasteiger partial charge in [-0.25, -0.2) is 9.59 Å². The van der Waals surface area contributed by atoms with Gasteiger partial charge in [0.25, 0.3) is 5.69 Å². The maximum absolute atomic E-state index is 11.5. The second kappa shape index (κ2) is 7.50. The van der Waals surface area contributed by atoms with Crippen molar-refractivity contribution in [2.45, 2.75) is 0 Å². The number of hydrogen-bond acceptors (Lipinski definition) is 8. The molecule has 2 aromatic rings. The van der Waals surface area contributed by atoms with E-state index in [9.17, 15) is 19.7 Å². The largest absolute Gasteiger partial charge is 0.516 e. The molecule has 2 rings (SSSR count). The summed E-state index contributed by atoms with van der Waals surface area (Å²) >= 11 is 0. The molecule has 0 aliphatic heterocycles. The lowest BCUT2D eigenvalue weighted by Crippen LogP contribution is -2.16. The Balaban J connectivity index is 1.77. The molecule has 0 aliphatic rings. The summed E-state index contributed by atoms with van der Waals surface area (Å²) in [6.07, 6.45) is 1.68. The molecule has 23 heavy (non-hydrogen) atoms. The lowest BCUT2D eigenvalue weighted by Gasteiger charge is -2.06. The van der Waals surface area contributed by atoms with Crippen LogP contribution in [0.1, 0.15) is 10.4 Å². The van der Waals surface area contributed by atoms with Crippen molar-refractivity contribution >= 4 is 17.8 Å². The smallest absolute Gasteiger partial charge is 0.424 e. The zero-order valence-corrected chi connectivity index (χ0v) is 11.6. The number of aromatic nitrogens is 1. The van der Waals surface area contributed by atoms with Crippen molar-refractivity contribution in [3.8, 4) is 5.75 Å². The number of rotatable bonds is 5. The van der Waals surface area contributed by atoms with E-state index in [1.165, 1.54) is 42.7 Å². The molecule has 0 spiro atoms. The van der Waals surface area contributed by atoms with Gasteiger partial charge in [0, 0.05) is 24.5 Å². The lowest BCUT2D eigenvalue weighted by molar-refractivity contribution is -0.384. The third kappa shape index (κ3) is 4.77. The second-order valence-electron chi connectivity index (χ2n) is 4.04. The van der Waals surface area contributed by atoms with Crippen molar-refractivity contribution in [3.63, 3.8) is 0 Å². The maximum atomic E-state index is 11.5. The summed E-state index contributed by atoms with van der Waals surface area (Å²) in [5, 5.41) is 10.5. The van der Waals surface area contributed by atoms with Crippen LogP contribution in [0.4, 0.5) is 10.5 Å². The Kier molecular flexibility index (Phi) is 5.18. The zero-order chi connectivity index (χ0) is 16.7. The molecule has 0 saturated carbocycles. The van der Waals surface area contributed by atoms with Crippen molar-refractivity contribution in [1.82, 2.24) is 4.98 Å². The van der Waals surface area contributed by atoms with Crippen LogP contribution >= 0.6 is 0 Å². The van der Waals surface area contributed by atoms with Crippen LogP contribution in [0.25, 0.3) is 0 Å². The van der Waals surface area contributed by atoms with E-state index in [-0.39, 0.29) is 17.0 Å². The predicted octanol–water partition coefficient (Wildman–Crippen LogP) is 2.32. The number of ether oxygens (including phenoxy) is 3. The van der Waals surface area contributed by atoms with Crippen LogP contribution in [0.3, 0.4) is 0 Å². The van der Waals surface area contributed by atoms with Gasteiger partial charge in [-0.05, 0) is 24.3 Å². The molecule has 0 atom stereocenters. The minimum atomic E-state index is -1.11. The van der Waals surface area contributed by atoms with Crippen LogP contribution in [0.5, 0.6) is 5.75 Å². The Bertz CT molecular complexity index is 701. The van der Waals surface area contributed by atoms with Gasteiger partial charge in [-0.15, -0.1) is 0 Å². The Morgan fingerprint density at radius 3 is 2.48 bits per heavy atom. The molecule has 0 N–H and O–H groups in total. The topological polar surface area (TPSA) is 118 Å². The van der Waals surface area contributed by atoms with Crippen molar-refractivity contribution in [1.29, 1.82) is 0 Å². The Hall–Kier alpha value is -3.49. The van der Waals surface area contributed by atoms with Gasteiger partial charge in [-0.3, -0.25) is 15.1 Å². The molecule has 1 aromatic heterocycles. The van der Waals surface area contributed by atoms with E-state index in [4.69, 9.17) is 9.47 Å². The van der Waals surface area contributed by atoms with Gasteiger partial charge >= 0.3 is 12.1 Å². The molecule has 9 heteroatoms. The van der Waals surface area contributed by atoms with Crippen LogP contribution in [-0.4, -0.2) is 28.8 Å². The van der Waals surface area contributed by atoms with E-state index in [1.54, 1.807) is 6.07 Å². The number of carbonyl (C=O) groups excluding carboxylic acids is 2. The molecular formula is C14H10N2O7. The quantitative estimate of drug-likeness (QED) is 0.271. The minimum Gasteiger partial charge on any atom is -0.424 e. The average molecular weight is 318 g/mol. The number of non-ortho nitro benzene ring substituents is 1. The van der Waals surface area contributed by atoms with Gasteiger partial charge in [0.2, 0.25) is 6.79 Å². The summed E-state index contributed by atoms with van der Waals surface area (Å²) in [6, 6.07) is 7.86. The number of carbonyl (C=O) groups is 2. The molecule has 0 unspecified atom stereocenters. The summed E-state index contributed by atoms with van der Waals surface area (Å²) < 4.78 is 14.0. The predicted molar refractivity (Wildman–Crippen MR) is 74.7 cm³/mol. The monoisotopic (exact) mass is 318 g/mol. The lowest BCUT2D eigenvalue weighted by atomic mass is 10.3. The SMILES string of the molecule is O=C(OCOC(=O)c1cccnc1)Oc1ccc([N+](=O)[O-])cc1. The molecule has 0 aliphatic carbocycles. The zero-order valence-electron chi connectivity index (χ0n) is 11.6. The average Bonchev–Trinajstić information content (AvgIpc) is 2.56. The van der Waals surface area contributed by atoms with E-state index < -0.39 is 23.8 Å². The molecule has 0 saturated heterocycles. The van der Waals surface area contributed by atoms with Gasteiger partial charge in [-0.1, -0.05) is 0 Å². The highest BCUT2D eigenvalue weighted by Gasteiger charge is 2.11. The summed E-state index contributed by atoms with van der Waals surface area (Å²) in [7, 11) is 0. The molecule has 0 fully saturated rings. The first kappa shape index (κ1) is 15.9. The highest BCUT2D eigenvalue weighted by Crippen LogP contribution is 2.17. The number of pyridine rings is 1. The fraction of sp³-hybridized carbons (Fsp3) is 0.0714. The molecule has 0 radical (unpaired) electrons. The van der Waals surface area contributed by atoms with Gasteiger partial charge in [-0.2, -0.15) is 0 Å². The van der Waals surface area contributed by atoms with Crippen molar-refractivity contribution in [3.05, 3.63) is 64.5 Å². The van der Waals surface area contributed by atoms with Crippen LogP contribution in [0.2, 0.25) is 0 Å². The first-order chi connectivity index (χ1) is 11.1. The second-order valence-corrected chi connectivity index (χ2v) is 4.04. The number of esters is 1. The first-order valence-electron chi connectivity index (χ1n) is 6.22. The number of hydrogen-bond donors (Lipinski definition) is 0. The standard InChI is InChI=1S/C14H10N2O7/c17-13(10-2-1-7-15-8-10)21-9-22-14(18)23-12-5-3-11(4-6-12)16(19)20/h1-8H,9H2. The number of nitro benzene ring substituents is 1. The van der Waals surface area contributed by atoms with Crippen molar-refractivity contribution < 1.29 is 28.7 Å². The number of nitrogens with zero attached hydrogens (tertiary/aromatic N) is 2. The van der Waals surface area contributed by atoms with Crippen LogP contribution in [0, 0.1) is 10.1 Å². The minimum absolute atomic E-state index is 0.0548. The molecule has 0 bridgehead atoms. The van der Waals surface area contributed by atoms with Crippen molar-refractivity contribution in [2.75, 3.05) is 6.79 Å². The Morgan fingerprint density at radius 2 is 1.87 bits per heavy atom. The third-order valence-electron chi connectivity index (χ3n) is 2.51. The molecule has 1 heterocycles. The van der Waals surface area contributed by atoms with Crippen LogP contribution in [-0.2, 0) is 9.47 Å². The third-order valence-corrected chi connectivity index (χ3v) is 2.51. The van der Waals surface area contributed by atoms with Gasteiger partial charge in [0.1, 0.15) is 5.75 Å². The van der Waals surface area contributed by atoms with E-state index >= 15 is 0 Å². The molecule has 118 valence electrons. The summed E-state index contributed by atoms with van der Waals surface area (Å²) in [5.74, 6) is -0.652. The number of benzene rings is 1. The highest BCUT2D eigenvalue weighted by atomic mass is 16.8. The van der Waals surface area contributed by atoms with Crippen molar-refractivity contribution in [2.24, 2.45) is 0 Å². The molecular weight excluding hydrogens is 308 g/mol. The van der Waals surface area contributed by atoms with E-state index in [0.29, 0.717) is 0 Å². The van der Waals surface area contributed by atoms with Crippen LogP contribution in [0.15, 0.2) is 48.8 Å². The fourth-order valence-electron chi connectivity index (χ4n) is 1.46. The van der Waals surface area contributed by atoms with Crippen LogP contribution < -0.4 is 4.74 Å². The van der Waals surface area contributed by atoms with E-state index in [1.807, 2.05) is 0 Å². The molecule has 9 nitrogen and oxygen atoms in total. The highest BCUT2D eigenvalue weighted by molar-refractivity contribution is 5.88. The van der Waals surface area contributed by atoms with Gasteiger partial charge in [0.05, 0.1) is 10.5 Å². The summed E-state index contributed by atoms with van der Waals surface area (Å²) in [4.78, 5) is 36.5. The summed E-state index contributed by atoms with van der Waals surface area (Å²) in [5.41, 5.74) is 0.0657. The van der Waals surface area contributed by atoms with Gasteiger partial charge < -0.3 is 14.2 Å². The first-order valence-corrected chi connectivity index (χ1v) is 6.22. The summed E-state index contributed by atoms with van der Waals surface area (Å²) in [6.45, 7) is -0.639. The number of nitro groups is 1. The Morgan fingerprint density at radius 1 is 1.13 bits per heavy atom. The van der Waals surface area contributed by atoms with E-state index in [2.05, 4.69) is 9.72 Å². The Labute approximate surface area is 129 Å². The van der Waals surface area contributed by atoms with E-state index in [0.717, 1.165) is 0 Å². The molecule has 0 amide bonds. The maximum Gasteiger partial charge on any atom is 0.516 e. The fourth-order valence-corrected chi connectivity index (χ4v) is 1.46.